The molecule has 0 unspecified atom stereocenters. The minimum atomic E-state index is -0.663. The number of nitrogens with one attached hydrogen (secondary N) is 1. The van der Waals surface area contributed by atoms with Crippen LogP contribution in [0.5, 0.6) is 0 Å². The van der Waals surface area contributed by atoms with Gasteiger partial charge < -0.3 is 5.11 Å². The summed E-state index contributed by atoms with van der Waals surface area (Å²) in [6, 6.07) is 0.464. The van der Waals surface area contributed by atoms with E-state index in [1.807, 2.05) is 0 Å². The number of rotatable bonds is 1. The summed E-state index contributed by atoms with van der Waals surface area (Å²) in [4.78, 5) is 10.9. The number of fused-ring (bicyclic) bond motifs is 2. The molecule has 62 valence electrons. The summed E-state index contributed by atoms with van der Waals surface area (Å²) in [7, 11) is 0. The molecule has 3 nitrogen and oxygen atoms in total. The van der Waals surface area contributed by atoms with Crippen molar-refractivity contribution in [1.29, 1.82) is 0 Å². The molecule has 0 amide bonds. The molecule has 2 aliphatic rings. The van der Waals surface area contributed by atoms with Gasteiger partial charge in [-0.2, -0.15) is 0 Å². The van der Waals surface area contributed by atoms with Crippen LogP contribution >= 0.6 is 0 Å². The minimum Gasteiger partial charge on any atom is -0.480 e. The van der Waals surface area contributed by atoms with Gasteiger partial charge in [0.1, 0.15) is 5.54 Å². The van der Waals surface area contributed by atoms with Gasteiger partial charge in [0.25, 0.3) is 0 Å². The second-order valence-electron chi connectivity index (χ2n) is 3.86. The van der Waals surface area contributed by atoms with Crippen molar-refractivity contribution < 1.29 is 9.90 Å². The molecule has 2 rings (SSSR count). The number of aliphatic carboxylic acids is 1. The van der Waals surface area contributed by atoms with Crippen molar-refractivity contribution in [3.8, 4) is 0 Å². The standard InChI is InChI=1S/C8H13NO2/c1-5-4-8(7(10)11)3-2-6(5)9-8/h5-6,9H,2-4H2,1H3,(H,10,11)/t5-,6+,8-/m0/s1. The van der Waals surface area contributed by atoms with Crippen LogP contribution < -0.4 is 5.32 Å². The van der Waals surface area contributed by atoms with Crippen molar-refractivity contribution >= 4 is 5.97 Å². The normalized spacial score (nSPS) is 48.1. The molecule has 3 atom stereocenters. The van der Waals surface area contributed by atoms with Gasteiger partial charge in [0, 0.05) is 6.04 Å². The summed E-state index contributed by atoms with van der Waals surface area (Å²) in [5.74, 6) is -0.121. The molecule has 2 N–H and O–H groups in total. The molecule has 2 aliphatic heterocycles. The van der Waals surface area contributed by atoms with E-state index in [1.54, 1.807) is 0 Å². The first-order valence-corrected chi connectivity index (χ1v) is 4.15. The number of hydrogen-bond donors (Lipinski definition) is 2. The van der Waals surface area contributed by atoms with E-state index in [2.05, 4.69) is 12.2 Å². The first-order chi connectivity index (χ1) is 5.14. The molecule has 0 spiro atoms. The van der Waals surface area contributed by atoms with Gasteiger partial charge in [-0.3, -0.25) is 10.1 Å². The number of carboxylic acid groups (broad SMARTS) is 1. The summed E-state index contributed by atoms with van der Waals surface area (Å²) in [5.41, 5.74) is -0.552. The van der Waals surface area contributed by atoms with Crippen LogP contribution in [0.15, 0.2) is 0 Å². The van der Waals surface area contributed by atoms with Crippen LogP contribution in [0, 0.1) is 5.92 Å². The molecule has 3 heteroatoms. The minimum absolute atomic E-state index is 0.464. The van der Waals surface area contributed by atoms with Crippen molar-refractivity contribution in [3.63, 3.8) is 0 Å². The molecule has 0 aromatic rings. The van der Waals surface area contributed by atoms with Crippen LogP contribution in [0.25, 0.3) is 0 Å². The van der Waals surface area contributed by atoms with Crippen LogP contribution in [0.3, 0.4) is 0 Å². The fourth-order valence-electron chi connectivity index (χ4n) is 2.44. The lowest BCUT2D eigenvalue weighted by atomic mass is 9.82. The van der Waals surface area contributed by atoms with Crippen molar-refractivity contribution in [2.45, 2.75) is 37.8 Å². The lowest BCUT2D eigenvalue weighted by Gasteiger charge is -2.21. The smallest absolute Gasteiger partial charge is 0.323 e. The van der Waals surface area contributed by atoms with E-state index in [0.29, 0.717) is 12.0 Å². The Bertz CT molecular complexity index is 200. The number of carboxylic acids is 1. The van der Waals surface area contributed by atoms with Crippen LogP contribution in [-0.4, -0.2) is 22.7 Å². The second kappa shape index (κ2) is 1.97. The monoisotopic (exact) mass is 155 g/mol. The molecule has 0 radical (unpaired) electrons. The van der Waals surface area contributed by atoms with Crippen LogP contribution in [0.2, 0.25) is 0 Å². The van der Waals surface area contributed by atoms with Crippen molar-refractivity contribution in [2.24, 2.45) is 5.92 Å². The first kappa shape index (κ1) is 7.10. The van der Waals surface area contributed by atoms with Crippen LogP contribution in [0.1, 0.15) is 26.2 Å². The van der Waals surface area contributed by atoms with E-state index in [-0.39, 0.29) is 0 Å². The molecule has 2 heterocycles. The van der Waals surface area contributed by atoms with Gasteiger partial charge in [-0.15, -0.1) is 0 Å². The summed E-state index contributed by atoms with van der Waals surface area (Å²) in [6.45, 7) is 2.13. The Labute approximate surface area is 65.8 Å². The summed E-state index contributed by atoms with van der Waals surface area (Å²) >= 11 is 0. The third-order valence-corrected chi connectivity index (χ3v) is 3.11. The molecule has 0 aromatic heterocycles. The van der Waals surface area contributed by atoms with Crippen molar-refractivity contribution in [1.82, 2.24) is 5.32 Å². The highest BCUT2D eigenvalue weighted by Gasteiger charge is 2.53. The first-order valence-electron chi connectivity index (χ1n) is 4.15. The van der Waals surface area contributed by atoms with E-state index in [1.165, 1.54) is 0 Å². The summed E-state index contributed by atoms with van der Waals surface area (Å²) < 4.78 is 0. The number of hydrogen-bond acceptors (Lipinski definition) is 2. The maximum Gasteiger partial charge on any atom is 0.323 e. The Kier molecular flexibility index (Phi) is 1.27. The van der Waals surface area contributed by atoms with Crippen molar-refractivity contribution in [2.75, 3.05) is 0 Å². The van der Waals surface area contributed by atoms with E-state index >= 15 is 0 Å². The van der Waals surface area contributed by atoms with E-state index in [0.717, 1.165) is 19.3 Å². The summed E-state index contributed by atoms with van der Waals surface area (Å²) in [5, 5.41) is 12.1. The fourth-order valence-corrected chi connectivity index (χ4v) is 2.44. The lowest BCUT2D eigenvalue weighted by Crippen LogP contribution is -2.44. The Morgan fingerprint density at radius 3 is 2.73 bits per heavy atom. The number of carbonyl (C=O) groups is 1. The zero-order valence-electron chi connectivity index (χ0n) is 6.63. The zero-order chi connectivity index (χ0) is 8.06. The second-order valence-corrected chi connectivity index (χ2v) is 3.86. The van der Waals surface area contributed by atoms with Gasteiger partial charge in [0.05, 0.1) is 0 Å². The molecule has 2 bridgehead atoms. The highest BCUT2D eigenvalue weighted by Crippen LogP contribution is 2.41. The molecular formula is C8H13NO2. The third kappa shape index (κ3) is 0.805. The molecule has 2 saturated heterocycles. The van der Waals surface area contributed by atoms with E-state index < -0.39 is 11.5 Å². The maximum absolute atomic E-state index is 10.9. The SMILES string of the molecule is C[C@H]1C[C@]2(C(=O)O)CC[C@H]1N2. The van der Waals surface area contributed by atoms with Gasteiger partial charge in [-0.1, -0.05) is 6.92 Å². The van der Waals surface area contributed by atoms with Gasteiger partial charge in [-0.05, 0) is 25.2 Å². The Balaban J connectivity index is 2.23. The maximum atomic E-state index is 10.9. The topological polar surface area (TPSA) is 49.3 Å². The van der Waals surface area contributed by atoms with E-state index in [4.69, 9.17) is 5.11 Å². The van der Waals surface area contributed by atoms with Crippen molar-refractivity contribution in [3.05, 3.63) is 0 Å². The largest absolute Gasteiger partial charge is 0.480 e. The van der Waals surface area contributed by atoms with Gasteiger partial charge >= 0.3 is 5.97 Å². The van der Waals surface area contributed by atoms with Gasteiger partial charge in [0.15, 0.2) is 0 Å². The average Bonchev–Trinajstić information content (AvgIpc) is 2.44. The van der Waals surface area contributed by atoms with E-state index in [9.17, 15) is 4.79 Å². The predicted octanol–water partition coefficient (Wildman–Crippen LogP) is 0.602. The molecule has 0 aromatic carbocycles. The predicted molar refractivity (Wildman–Crippen MR) is 40.3 cm³/mol. The van der Waals surface area contributed by atoms with Crippen LogP contribution in [-0.2, 0) is 4.79 Å². The highest BCUT2D eigenvalue weighted by molar-refractivity contribution is 5.80. The van der Waals surface area contributed by atoms with Crippen LogP contribution in [0.4, 0.5) is 0 Å². The Morgan fingerprint density at radius 1 is 1.73 bits per heavy atom. The fraction of sp³-hybridized carbons (Fsp3) is 0.875. The highest BCUT2D eigenvalue weighted by atomic mass is 16.4. The Hall–Kier alpha value is -0.570. The molecule has 11 heavy (non-hydrogen) atoms. The zero-order valence-corrected chi connectivity index (χ0v) is 6.63. The molecule has 0 saturated carbocycles. The quantitative estimate of drug-likeness (QED) is 0.583. The van der Waals surface area contributed by atoms with Gasteiger partial charge in [0.2, 0.25) is 0 Å². The Morgan fingerprint density at radius 2 is 2.45 bits per heavy atom. The lowest BCUT2D eigenvalue weighted by molar-refractivity contribution is -0.144. The summed E-state index contributed by atoms with van der Waals surface area (Å²) in [6.07, 6.45) is 2.66. The average molecular weight is 155 g/mol. The third-order valence-electron chi connectivity index (χ3n) is 3.11. The van der Waals surface area contributed by atoms with Gasteiger partial charge in [-0.25, -0.2) is 0 Å². The molecule has 2 fully saturated rings. The molecule has 0 aliphatic carbocycles. The molecular weight excluding hydrogens is 142 g/mol.